The number of nitrogens with one attached hydrogen (secondary N) is 1. The van der Waals surface area contributed by atoms with Crippen molar-refractivity contribution in [1.82, 2.24) is 10.3 Å². The molecule has 3 N–H and O–H groups in total. The van der Waals surface area contributed by atoms with E-state index < -0.39 is 0 Å². The summed E-state index contributed by atoms with van der Waals surface area (Å²) in [5.41, 5.74) is 2.21. The van der Waals surface area contributed by atoms with Gasteiger partial charge >= 0.3 is 0 Å². The molecule has 5 heteroatoms. The molecule has 1 fully saturated rings. The Labute approximate surface area is 97.3 Å². The Morgan fingerprint density at radius 2 is 2.25 bits per heavy atom. The number of piperidine rings is 1. The third kappa shape index (κ3) is 3.17. The molecule has 1 amide bonds. The van der Waals surface area contributed by atoms with E-state index in [1.807, 2.05) is 0 Å². The van der Waals surface area contributed by atoms with Crippen LogP contribution in [-0.4, -0.2) is 43.7 Å². The molecule has 94 valence electrons. The second-order valence-electron chi connectivity index (χ2n) is 4.72. The molecule has 0 bridgehead atoms. The number of ether oxygens (including phenoxy) is 1. The molecular weight excluding hydrogens is 206 g/mol. The van der Waals surface area contributed by atoms with Gasteiger partial charge in [0, 0.05) is 13.7 Å². The predicted molar refractivity (Wildman–Crippen MR) is 62.5 cm³/mol. The second-order valence-corrected chi connectivity index (χ2v) is 4.72. The molecule has 0 spiro atoms. The third-order valence-corrected chi connectivity index (χ3v) is 3.58. The number of carbonyl (C=O) groups excluding carboxylic acids is 1. The van der Waals surface area contributed by atoms with Crippen LogP contribution in [0.15, 0.2) is 0 Å². The minimum absolute atomic E-state index is 0.163. The first-order chi connectivity index (χ1) is 7.60. The summed E-state index contributed by atoms with van der Waals surface area (Å²) in [5, 5.41) is 0. The smallest absolute Gasteiger partial charge is 0.253 e. The van der Waals surface area contributed by atoms with Crippen LogP contribution < -0.4 is 11.3 Å². The molecule has 1 aliphatic heterocycles. The molecule has 0 aliphatic carbocycles. The Morgan fingerprint density at radius 3 is 2.75 bits per heavy atom. The highest BCUT2D eigenvalue weighted by Crippen LogP contribution is 2.23. The zero-order valence-electron chi connectivity index (χ0n) is 10.4. The molecule has 0 saturated carbocycles. The molecule has 16 heavy (non-hydrogen) atoms. The van der Waals surface area contributed by atoms with Gasteiger partial charge in [0.15, 0.2) is 0 Å². The van der Waals surface area contributed by atoms with Crippen LogP contribution in [0.1, 0.15) is 20.3 Å². The third-order valence-electron chi connectivity index (χ3n) is 3.58. The van der Waals surface area contributed by atoms with Gasteiger partial charge in [0.1, 0.15) is 6.04 Å². The first-order valence-corrected chi connectivity index (χ1v) is 5.83. The van der Waals surface area contributed by atoms with Crippen LogP contribution in [0.5, 0.6) is 0 Å². The van der Waals surface area contributed by atoms with Crippen LogP contribution in [-0.2, 0) is 9.53 Å². The van der Waals surface area contributed by atoms with Gasteiger partial charge in [-0.25, -0.2) is 5.84 Å². The van der Waals surface area contributed by atoms with Crippen molar-refractivity contribution in [1.29, 1.82) is 0 Å². The lowest BCUT2D eigenvalue weighted by Gasteiger charge is -2.38. The van der Waals surface area contributed by atoms with Crippen LogP contribution in [0.25, 0.3) is 0 Å². The van der Waals surface area contributed by atoms with E-state index in [1.54, 1.807) is 7.11 Å². The lowest BCUT2D eigenvalue weighted by molar-refractivity contribution is -0.129. The number of carbonyl (C=O) groups is 1. The number of likely N-dealkylation sites (tertiary alicyclic amines) is 1. The van der Waals surface area contributed by atoms with E-state index in [2.05, 4.69) is 24.2 Å². The molecule has 3 unspecified atom stereocenters. The fraction of sp³-hybridized carbons (Fsp3) is 0.909. The first-order valence-electron chi connectivity index (χ1n) is 5.83. The number of nitrogens with two attached hydrogens (primary N) is 1. The summed E-state index contributed by atoms with van der Waals surface area (Å²) < 4.78 is 5.08. The number of amides is 1. The summed E-state index contributed by atoms with van der Waals surface area (Å²) in [7, 11) is 1.60. The fourth-order valence-electron chi connectivity index (χ4n) is 2.18. The van der Waals surface area contributed by atoms with E-state index >= 15 is 0 Å². The van der Waals surface area contributed by atoms with Gasteiger partial charge in [-0.3, -0.25) is 15.1 Å². The molecule has 1 heterocycles. The van der Waals surface area contributed by atoms with E-state index in [0.29, 0.717) is 12.5 Å². The number of nitrogens with zero attached hydrogens (tertiary/aromatic N) is 1. The van der Waals surface area contributed by atoms with E-state index in [1.165, 1.54) is 0 Å². The zero-order chi connectivity index (χ0) is 12.1. The fourth-order valence-corrected chi connectivity index (χ4v) is 2.18. The lowest BCUT2D eigenvalue weighted by Crippen LogP contribution is -2.54. The monoisotopic (exact) mass is 229 g/mol. The van der Waals surface area contributed by atoms with Gasteiger partial charge in [-0.05, 0) is 24.8 Å². The molecule has 1 saturated heterocycles. The highest BCUT2D eigenvalue weighted by molar-refractivity contribution is 5.81. The van der Waals surface area contributed by atoms with Gasteiger partial charge in [-0.1, -0.05) is 13.8 Å². The molecule has 0 aromatic rings. The van der Waals surface area contributed by atoms with Crippen molar-refractivity contribution in [3.05, 3.63) is 0 Å². The highest BCUT2D eigenvalue weighted by Gasteiger charge is 2.31. The summed E-state index contributed by atoms with van der Waals surface area (Å²) in [5.74, 6) is 6.36. The van der Waals surface area contributed by atoms with Gasteiger partial charge in [-0.2, -0.15) is 0 Å². The molecule has 1 aliphatic rings. The molecule has 0 radical (unpaired) electrons. The maximum absolute atomic E-state index is 11.6. The lowest BCUT2D eigenvalue weighted by atomic mass is 9.88. The number of hydrogen-bond donors (Lipinski definition) is 2. The van der Waals surface area contributed by atoms with Gasteiger partial charge in [0.05, 0.1) is 6.61 Å². The predicted octanol–water partition coefficient (Wildman–Crippen LogP) is -0.0308. The van der Waals surface area contributed by atoms with Gasteiger partial charge < -0.3 is 4.74 Å². The molecule has 0 aromatic carbocycles. The van der Waals surface area contributed by atoms with Gasteiger partial charge in [0.2, 0.25) is 0 Å². The maximum Gasteiger partial charge on any atom is 0.253 e. The van der Waals surface area contributed by atoms with Crippen molar-refractivity contribution in [3.63, 3.8) is 0 Å². The van der Waals surface area contributed by atoms with E-state index in [0.717, 1.165) is 25.4 Å². The zero-order valence-corrected chi connectivity index (χ0v) is 10.4. The Balaban J connectivity index is 2.61. The van der Waals surface area contributed by atoms with Crippen molar-refractivity contribution in [2.45, 2.75) is 26.3 Å². The minimum Gasteiger partial charge on any atom is -0.383 e. The van der Waals surface area contributed by atoms with Crippen molar-refractivity contribution in [2.75, 3.05) is 26.8 Å². The number of methoxy groups -OCH3 is 1. The van der Waals surface area contributed by atoms with Crippen LogP contribution in [0, 0.1) is 11.8 Å². The SMILES string of the molecule is COCC(C(=O)NN)N1CCC(C)C(C)C1. The minimum atomic E-state index is -0.259. The van der Waals surface area contributed by atoms with Crippen LogP contribution in [0.4, 0.5) is 0 Å². The Morgan fingerprint density at radius 1 is 1.56 bits per heavy atom. The molecule has 0 aromatic heterocycles. The number of hydrazine groups is 1. The highest BCUT2D eigenvalue weighted by atomic mass is 16.5. The van der Waals surface area contributed by atoms with Crippen molar-refractivity contribution in [2.24, 2.45) is 17.7 Å². The maximum atomic E-state index is 11.6. The average Bonchev–Trinajstić information content (AvgIpc) is 2.29. The van der Waals surface area contributed by atoms with Gasteiger partial charge in [-0.15, -0.1) is 0 Å². The number of hydrogen-bond acceptors (Lipinski definition) is 4. The van der Waals surface area contributed by atoms with E-state index in [-0.39, 0.29) is 11.9 Å². The Bertz CT molecular complexity index is 235. The largest absolute Gasteiger partial charge is 0.383 e. The van der Waals surface area contributed by atoms with Crippen LogP contribution in [0.2, 0.25) is 0 Å². The van der Waals surface area contributed by atoms with Crippen LogP contribution >= 0.6 is 0 Å². The summed E-state index contributed by atoms with van der Waals surface area (Å²) >= 11 is 0. The summed E-state index contributed by atoms with van der Waals surface area (Å²) in [6, 6.07) is -0.259. The summed E-state index contributed by atoms with van der Waals surface area (Å²) in [6.45, 7) is 6.75. The molecular formula is C11H23N3O2. The summed E-state index contributed by atoms with van der Waals surface area (Å²) in [4.78, 5) is 13.8. The number of rotatable bonds is 4. The quantitative estimate of drug-likeness (QED) is 0.403. The Kier molecular flexibility index (Phi) is 5.18. The Hall–Kier alpha value is -0.650. The van der Waals surface area contributed by atoms with Gasteiger partial charge in [0.25, 0.3) is 5.91 Å². The van der Waals surface area contributed by atoms with Crippen molar-refractivity contribution < 1.29 is 9.53 Å². The van der Waals surface area contributed by atoms with Crippen molar-refractivity contribution >= 4 is 5.91 Å². The second kappa shape index (κ2) is 6.18. The summed E-state index contributed by atoms with van der Waals surface area (Å²) in [6.07, 6.45) is 1.12. The molecule has 5 nitrogen and oxygen atoms in total. The van der Waals surface area contributed by atoms with E-state index in [4.69, 9.17) is 10.6 Å². The normalized spacial score (nSPS) is 28.8. The van der Waals surface area contributed by atoms with Crippen molar-refractivity contribution in [3.8, 4) is 0 Å². The molecule has 1 rings (SSSR count). The topological polar surface area (TPSA) is 67.6 Å². The van der Waals surface area contributed by atoms with E-state index in [9.17, 15) is 4.79 Å². The standard InChI is InChI=1S/C11H23N3O2/c1-8-4-5-14(6-9(8)2)10(7-16-3)11(15)13-12/h8-10H,4-7,12H2,1-3H3,(H,13,15). The average molecular weight is 229 g/mol. The first kappa shape index (κ1) is 13.4. The van der Waals surface area contributed by atoms with Crippen LogP contribution in [0.3, 0.4) is 0 Å². The molecule has 3 atom stereocenters.